The molecule has 1 fully saturated rings. The first-order valence-corrected chi connectivity index (χ1v) is 11.5. The fourth-order valence-corrected chi connectivity index (χ4v) is 3.64. The summed E-state index contributed by atoms with van der Waals surface area (Å²) in [5.41, 5.74) is 4.45. The molecule has 10 nitrogen and oxygen atoms in total. The molecule has 1 amide bonds. The molecule has 2 aliphatic heterocycles. The zero-order valence-corrected chi connectivity index (χ0v) is 19.4. The third-order valence-electron chi connectivity index (χ3n) is 5.46. The maximum atomic E-state index is 12.9. The Bertz CT molecular complexity index is 1160. The molecule has 0 radical (unpaired) electrons. The minimum atomic E-state index is -0.723. The van der Waals surface area contributed by atoms with E-state index in [2.05, 4.69) is 21.5 Å². The van der Waals surface area contributed by atoms with E-state index in [-0.39, 0.29) is 19.4 Å². The quantitative estimate of drug-likeness (QED) is 0.431. The Morgan fingerprint density at radius 1 is 1.19 bits per heavy atom. The number of benzene rings is 2. The van der Waals surface area contributed by atoms with Gasteiger partial charge in [-0.2, -0.15) is 5.01 Å². The molecule has 186 valence electrons. The van der Waals surface area contributed by atoms with E-state index in [0.717, 1.165) is 11.1 Å². The first kappa shape index (κ1) is 24.9. The molecule has 2 aromatic carbocycles. The number of ether oxygens (including phenoxy) is 3. The number of hydrazine groups is 1. The van der Waals surface area contributed by atoms with Crippen molar-refractivity contribution in [3.05, 3.63) is 65.7 Å². The lowest BCUT2D eigenvalue weighted by atomic mass is 10.1. The Hall–Kier alpha value is -4.20. The number of terminal acetylenes is 1. The SMILES string of the molecule is C#CCCC1=NN=C(c2ccccc2)NN1C(=O)OCc1ccc(OC2CC(O)CC(C=O)O2)cc1. The molecule has 2 aliphatic rings. The molecule has 0 spiro atoms. The molecule has 0 saturated carbocycles. The van der Waals surface area contributed by atoms with Crippen LogP contribution in [0.2, 0.25) is 0 Å². The summed E-state index contributed by atoms with van der Waals surface area (Å²) >= 11 is 0. The summed E-state index contributed by atoms with van der Waals surface area (Å²) in [5.74, 6) is 3.79. The Balaban J connectivity index is 1.35. The molecule has 1 saturated heterocycles. The number of amidine groups is 2. The van der Waals surface area contributed by atoms with Gasteiger partial charge in [0.05, 0.1) is 6.10 Å². The van der Waals surface area contributed by atoms with Gasteiger partial charge in [0.2, 0.25) is 6.29 Å². The normalized spacial score (nSPS) is 21.3. The number of aliphatic hydroxyl groups excluding tert-OH is 1. The van der Waals surface area contributed by atoms with Gasteiger partial charge < -0.3 is 24.1 Å². The second-order valence-electron chi connectivity index (χ2n) is 8.16. The van der Waals surface area contributed by atoms with Crippen molar-refractivity contribution >= 4 is 24.1 Å². The fourth-order valence-electron chi connectivity index (χ4n) is 3.64. The highest BCUT2D eigenvalue weighted by molar-refractivity contribution is 6.05. The van der Waals surface area contributed by atoms with Crippen LogP contribution in [0.15, 0.2) is 64.8 Å². The lowest BCUT2D eigenvalue weighted by Gasteiger charge is -2.30. The number of aliphatic hydroxyl groups is 1. The van der Waals surface area contributed by atoms with E-state index < -0.39 is 24.6 Å². The van der Waals surface area contributed by atoms with Gasteiger partial charge in [0, 0.05) is 31.2 Å². The van der Waals surface area contributed by atoms with Gasteiger partial charge in [-0.1, -0.05) is 42.5 Å². The topological polar surface area (TPSA) is 122 Å². The zero-order valence-electron chi connectivity index (χ0n) is 19.4. The zero-order chi connectivity index (χ0) is 25.3. The third kappa shape index (κ3) is 6.47. The monoisotopic (exact) mass is 490 g/mol. The predicted molar refractivity (Wildman–Crippen MR) is 131 cm³/mol. The van der Waals surface area contributed by atoms with Crippen molar-refractivity contribution in [3.63, 3.8) is 0 Å². The molecule has 2 N–H and O–H groups in total. The summed E-state index contributed by atoms with van der Waals surface area (Å²) in [5, 5.41) is 19.4. The predicted octanol–water partition coefficient (Wildman–Crippen LogP) is 2.76. The van der Waals surface area contributed by atoms with Gasteiger partial charge in [-0.25, -0.2) is 4.79 Å². The highest BCUT2D eigenvalue weighted by atomic mass is 16.7. The van der Waals surface area contributed by atoms with Crippen LogP contribution >= 0.6 is 0 Å². The minimum Gasteiger partial charge on any atom is -0.465 e. The number of nitrogens with one attached hydrogen (secondary N) is 1. The van der Waals surface area contributed by atoms with Crippen LogP contribution in [0.4, 0.5) is 4.79 Å². The number of carbonyl (C=O) groups is 2. The third-order valence-corrected chi connectivity index (χ3v) is 5.46. The molecule has 0 bridgehead atoms. The first-order chi connectivity index (χ1) is 17.6. The fraction of sp³-hybridized carbons (Fsp3) is 0.308. The summed E-state index contributed by atoms with van der Waals surface area (Å²) in [4.78, 5) is 23.9. The molecule has 0 aromatic heterocycles. The lowest BCUT2D eigenvalue weighted by molar-refractivity contribution is -0.176. The van der Waals surface area contributed by atoms with E-state index in [1.54, 1.807) is 24.3 Å². The van der Waals surface area contributed by atoms with Gasteiger partial charge in [0.25, 0.3) is 0 Å². The average Bonchev–Trinajstić information content (AvgIpc) is 2.91. The Labute approximate surface area is 208 Å². The molecule has 36 heavy (non-hydrogen) atoms. The molecule has 3 unspecified atom stereocenters. The summed E-state index contributed by atoms with van der Waals surface area (Å²) < 4.78 is 16.7. The minimum absolute atomic E-state index is 0.00336. The first-order valence-electron chi connectivity index (χ1n) is 11.5. The Morgan fingerprint density at radius 2 is 1.97 bits per heavy atom. The molecule has 3 atom stereocenters. The molecule has 2 heterocycles. The van der Waals surface area contributed by atoms with Gasteiger partial charge >= 0.3 is 6.09 Å². The van der Waals surface area contributed by atoms with Crippen molar-refractivity contribution in [2.75, 3.05) is 0 Å². The standard InChI is InChI=1S/C26H26N4O6/c1-2-3-9-23-27-28-25(19-7-5-4-6-8-19)29-30(23)26(33)34-17-18-10-12-21(13-11-18)35-24-15-20(32)14-22(16-31)36-24/h1,4-8,10-13,16,20,22,24,32H,3,9,14-15,17H2,(H,28,29). The van der Waals surface area contributed by atoms with Crippen LogP contribution in [-0.4, -0.2) is 52.7 Å². The van der Waals surface area contributed by atoms with E-state index in [1.807, 2.05) is 30.3 Å². The number of amides is 1. The van der Waals surface area contributed by atoms with Gasteiger partial charge in [0.15, 0.2) is 11.7 Å². The van der Waals surface area contributed by atoms with E-state index in [4.69, 9.17) is 20.6 Å². The van der Waals surface area contributed by atoms with Gasteiger partial charge in [0.1, 0.15) is 24.7 Å². The second kappa shape index (κ2) is 12.0. The Kier molecular flexibility index (Phi) is 8.28. The molecule has 0 aliphatic carbocycles. The number of hydrogen-bond donors (Lipinski definition) is 2. The van der Waals surface area contributed by atoms with Crippen molar-refractivity contribution < 1.29 is 28.9 Å². The molecule has 2 aromatic rings. The molecule has 10 heteroatoms. The summed E-state index contributed by atoms with van der Waals surface area (Å²) in [6.07, 6.45) is 4.55. The summed E-state index contributed by atoms with van der Waals surface area (Å²) in [7, 11) is 0. The molecular formula is C26H26N4O6. The van der Waals surface area contributed by atoms with Crippen LogP contribution in [-0.2, 0) is 20.9 Å². The van der Waals surface area contributed by atoms with E-state index in [1.165, 1.54) is 5.01 Å². The number of nitrogens with zero attached hydrogens (tertiary/aromatic N) is 3. The highest BCUT2D eigenvalue weighted by Crippen LogP contribution is 2.23. The lowest BCUT2D eigenvalue weighted by Crippen LogP contribution is -2.52. The van der Waals surface area contributed by atoms with Crippen molar-refractivity contribution in [1.82, 2.24) is 10.4 Å². The van der Waals surface area contributed by atoms with Crippen LogP contribution in [0, 0.1) is 12.3 Å². The van der Waals surface area contributed by atoms with Crippen LogP contribution < -0.4 is 10.2 Å². The van der Waals surface area contributed by atoms with Gasteiger partial charge in [-0.05, 0) is 17.7 Å². The van der Waals surface area contributed by atoms with Crippen LogP contribution in [0.1, 0.15) is 36.8 Å². The Morgan fingerprint density at radius 3 is 2.69 bits per heavy atom. The molecule has 4 rings (SSSR count). The van der Waals surface area contributed by atoms with Crippen molar-refractivity contribution in [3.8, 4) is 18.1 Å². The summed E-state index contributed by atoms with van der Waals surface area (Å²) in [6.45, 7) is 0.00336. The number of hydrogen-bond acceptors (Lipinski definition) is 9. The van der Waals surface area contributed by atoms with Gasteiger partial charge in [-0.15, -0.1) is 22.5 Å². The maximum Gasteiger partial charge on any atom is 0.435 e. The number of aldehydes is 1. The smallest absolute Gasteiger partial charge is 0.435 e. The molecular weight excluding hydrogens is 464 g/mol. The van der Waals surface area contributed by atoms with Crippen molar-refractivity contribution in [1.29, 1.82) is 0 Å². The largest absolute Gasteiger partial charge is 0.465 e. The number of rotatable bonds is 8. The second-order valence-corrected chi connectivity index (χ2v) is 8.16. The van der Waals surface area contributed by atoms with Crippen molar-refractivity contribution in [2.24, 2.45) is 10.2 Å². The van der Waals surface area contributed by atoms with Crippen LogP contribution in [0.3, 0.4) is 0 Å². The van der Waals surface area contributed by atoms with E-state index in [9.17, 15) is 14.7 Å². The highest BCUT2D eigenvalue weighted by Gasteiger charge is 2.29. The van der Waals surface area contributed by atoms with E-state index >= 15 is 0 Å². The van der Waals surface area contributed by atoms with Gasteiger partial charge in [-0.3, -0.25) is 5.43 Å². The van der Waals surface area contributed by atoms with E-state index in [0.29, 0.717) is 36.5 Å². The van der Waals surface area contributed by atoms with Crippen LogP contribution in [0.5, 0.6) is 5.75 Å². The number of carbonyl (C=O) groups excluding carboxylic acids is 2. The van der Waals surface area contributed by atoms with Crippen molar-refractivity contribution in [2.45, 2.75) is 50.8 Å². The summed E-state index contributed by atoms with van der Waals surface area (Å²) in [6, 6.07) is 16.2. The average molecular weight is 491 g/mol. The van der Waals surface area contributed by atoms with Crippen LogP contribution in [0.25, 0.3) is 0 Å². The maximum absolute atomic E-state index is 12.9.